The van der Waals surface area contributed by atoms with Gasteiger partial charge in [-0.25, -0.2) is 4.98 Å². The number of hydrogen-bond acceptors (Lipinski definition) is 8. The van der Waals surface area contributed by atoms with Crippen molar-refractivity contribution < 1.29 is 14.2 Å². The minimum Gasteiger partial charge on any atom is -0.497 e. The number of nitrogens with zero attached hydrogens (tertiary/aromatic N) is 4. The van der Waals surface area contributed by atoms with Gasteiger partial charge in [0, 0.05) is 30.8 Å². The lowest BCUT2D eigenvalue weighted by atomic mass is 10.1. The first-order valence-corrected chi connectivity index (χ1v) is 11.0. The number of aryl methyl sites for hydroxylation is 1. The van der Waals surface area contributed by atoms with Crippen LogP contribution in [0.3, 0.4) is 0 Å². The average Bonchev–Trinajstić information content (AvgIpc) is 3.40. The molecule has 0 radical (unpaired) electrons. The first-order valence-electron chi connectivity index (χ1n) is 10.2. The number of fused-ring (bicyclic) bond motifs is 1. The number of anilines is 2. The molecule has 1 aliphatic rings. The van der Waals surface area contributed by atoms with E-state index in [1.165, 1.54) is 11.5 Å². The molecule has 0 unspecified atom stereocenters. The largest absolute Gasteiger partial charge is 0.497 e. The Hall–Kier alpha value is -3.17. The highest BCUT2D eigenvalue weighted by atomic mass is 32.1. The van der Waals surface area contributed by atoms with Gasteiger partial charge in [0.1, 0.15) is 22.4 Å². The van der Waals surface area contributed by atoms with Crippen molar-refractivity contribution in [2.45, 2.75) is 25.9 Å². The van der Waals surface area contributed by atoms with Crippen LogP contribution in [-0.4, -0.2) is 45.3 Å². The molecule has 4 aromatic rings. The van der Waals surface area contributed by atoms with E-state index in [0.717, 1.165) is 46.0 Å². The molecule has 1 aliphatic heterocycles. The second-order valence-electron chi connectivity index (χ2n) is 7.36. The molecule has 3 aromatic heterocycles. The highest BCUT2D eigenvalue weighted by Crippen LogP contribution is 2.32. The van der Waals surface area contributed by atoms with Crippen molar-refractivity contribution in [3.05, 3.63) is 48.3 Å². The minimum absolute atomic E-state index is 0.0546. The molecule has 0 aliphatic carbocycles. The summed E-state index contributed by atoms with van der Waals surface area (Å²) in [7, 11) is 1.66. The second kappa shape index (κ2) is 8.52. The van der Waals surface area contributed by atoms with E-state index in [1.807, 2.05) is 54.1 Å². The monoisotopic (exact) mass is 437 g/mol. The van der Waals surface area contributed by atoms with Gasteiger partial charge < -0.3 is 24.1 Å². The van der Waals surface area contributed by atoms with E-state index in [4.69, 9.17) is 24.2 Å². The van der Waals surface area contributed by atoms with Crippen LogP contribution in [0.5, 0.6) is 11.6 Å². The quantitative estimate of drug-likeness (QED) is 0.476. The van der Waals surface area contributed by atoms with Crippen molar-refractivity contribution in [3.8, 4) is 17.3 Å². The van der Waals surface area contributed by atoms with Crippen LogP contribution in [0.2, 0.25) is 0 Å². The fourth-order valence-electron chi connectivity index (χ4n) is 3.61. The van der Waals surface area contributed by atoms with E-state index in [-0.39, 0.29) is 6.10 Å². The SMILES string of the molecule is COc1cccc(-n2ccc3nc(Nc4cc(C)ns4)nc(OC4CCOCC4)c32)c1. The fraction of sp³-hybridized carbons (Fsp3) is 0.318. The summed E-state index contributed by atoms with van der Waals surface area (Å²) < 4.78 is 23.6. The average molecular weight is 438 g/mol. The molecular formula is C22H23N5O3S. The molecule has 0 spiro atoms. The Morgan fingerprint density at radius 2 is 2.03 bits per heavy atom. The Labute approximate surface area is 184 Å². The number of nitrogens with one attached hydrogen (secondary N) is 1. The van der Waals surface area contributed by atoms with E-state index in [1.54, 1.807) is 7.11 Å². The van der Waals surface area contributed by atoms with Crippen molar-refractivity contribution >= 4 is 33.5 Å². The predicted octanol–water partition coefficient (Wildman–Crippen LogP) is 4.50. The van der Waals surface area contributed by atoms with Crippen molar-refractivity contribution in [2.24, 2.45) is 0 Å². The number of benzene rings is 1. The second-order valence-corrected chi connectivity index (χ2v) is 8.17. The minimum atomic E-state index is 0.0546. The molecule has 0 amide bonds. The Balaban J connectivity index is 1.58. The molecule has 0 bridgehead atoms. The van der Waals surface area contributed by atoms with Crippen LogP contribution in [0.15, 0.2) is 42.6 Å². The molecule has 1 aromatic carbocycles. The van der Waals surface area contributed by atoms with Gasteiger partial charge >= 0.3 is 0 Å². The Bertz CT molecular complexity index is 1200. The van der Waals surface area contributed by atoms with Crippen LogP contribution in [0.4, 0.5) is 10.9 Å². The Morgan fingerprint density at radius 3 is 2.81 bits per heavy atom. The molecule has 5 rings (SSSR count). The number of methoxy groups -OCH3 is 1. The van der Waals surface area contributed by atoms with Crippen molar-refractivity contribution in [1.82, 2.24) is 18.9 Å². The van der Waals surface area contributed by atoms with E-state index in [2.05, 4.69) is 9.69 Å². The van der Waals surface area contributed by atoms with Crippen LogP contribution in [-0.2, 0) is 4.74 Å². The Kier molecular flexibility index (Phi) is 5.44. The summed E-state index contributed by atoms with van der Waals surface area (Å²) in [5.41, 5.74) is 3.53. The third-order valence-corrected chi connectivity index (χ3v) is 5.94. The number of aromatic nitrogens is 4. The van der Waals surface area contributed by atoms with Crippen LogP contribution < -0.4 is 14.8 Å². The van der Waals surface area contributed by atoms with Gasteiger partial charge in [-0.1, -0.05) is 6.07 Å². The van der Waals surface area contributed by atoms with Gasteiger partial charge in [-0.05, 0) is 42.7 Å². The fourth-order valence-corrected chi connectivity index (χ4v) is 4.27. The zero-order chi connectivity index (χ0) is 21.2. The van der Waals surface area contributed by atoms with E-state index in [9.17, 15) is 0 Å². The number of rotatable bonds is 6. The summed E-state index contributed by atoms with van der Waals surface area (Å²) in [6.07, 6.45) is 3.70. The normalized spacial score (nSPS) is 14.6. The third kappa shape index (κ3) is 4.19. The van der Waals surface area contributed by atoms with E-state index < -0.39 is 0 Å². The Morgan fingerprint density at radius 1 is 1.16 bits per heavy atom. The maximum absolute atomic E-state index is 6.39. The molecule has 1 fully saturated rings. The zero-order valence-electron chi connectivity index (χ0n) is 17.4. The molecule has 8 nitrogen and oxygen atoms in total. The molecule has 0 saturated carbocycles. The van der Waals surface area contributed by atoms with Gasteiger partial charge in [-0.15, -0.1) is 0 Å². The maximum atomic E-state index is 6.39. The molecule has 160 valence electrons. The predicted molar refractivity (Wildman–Crippen MR) is 120 cm³/mol. The number of ether oxygens (including phenoxy) is 3. The summed E-state index contributed by atoms with van der Waals surface area (Å²) in [5, 5.41) is 4.15. The van der Waals surface area contributed by atoms with E-state index in [0.29, 0.717) is 25.0 Å². The maximum Gasteiger partial charge on any atom is 0.244 e. The lowest BCUT2D eigenvalue weighted by Gasteiger charge is -2.23. The summed E-state index contributed by atoms with van der Waals surface area (Å²) in [6, 6.07) is 11.8. The highest BCUT2D eigenvalue weighted by molar-refractivity contribution is 7.10. The van der Waals surface area contributed by atoms with Gasteiger partial charge in [0.2, 0.25) is 11.8 Å². The van der Waals surface area contributed by atoms with Crippen molar-refractivity contribution in [3.63, 3.8) is 0 Å². The molecule has 9 heteroatoms. The summed E-state index contributed by atoms with van der Waals surface area (Å²) in [4.78, 5) is 9.46. The molecule has 1 N–H and O–H groups in total. The van der Waals surface area contributed by atoms with Gasteiger partial charge in [-0.3, -0.25) is 0 Å². The standard InChI is InChI=1S/C22H23N5O3S/c1-14-12-19(31-26-14)24-22-23-18-6-9-27(15-4-3-5-17(13-15)28-2)20(18)21(25-22)30-16-7-10-29-11-8-16/h3-6,9,12-13,16H,7-8,10-11H2,1-2H3,(H,23,24,25). The van der Waals surface area contributed by atoms with Crippen molar-refractivity contribution in [1.29, 1.82) is 0 Å². The number of hydrogen-bond donors (Lipinski definition) is 1. The first kappa shape index (κ1) is 19.8. The van der Waals surface area contributed by atoms with Crippen LogP contribution >= 0.6 is 11.5 Å². The first-order chi connectivity index (χ1) is 15.2. The van der Waals surface area contributed by atoms with Crippen LogP contribution in [0.1, 0.15) is 18.5 Å². The van der Waals surface area contributed by atoms with Gasteiger partial charge in [0.15, 0.2) is 0 Å². The molecule has 1 saturated heterocycles. The van der Waals surface area contributed by atoms with Gasteiger partial charge in [0.25, 0.3) is 0 Å². The summed E-state index contributed by atoms with van der Waals surface area (Å²) in [6.45, 7) is 3.35. The lowest BCUT2D eigenvalue weighted by molar-refractivity contribution is 0.0243. The lowest BCUT2D eigenvalue weighted by Crippen LogP contribution is -2.26. The summed E-state index contributed by atoms with van der Waals surface area (Å²) in [5.74, 6) is 1.82. The van der Waals surface area contributed by atoms with Crippen molar-refractivity contribution in [2.75, 3.05) is 25.6 Å². The third-order valence-electron chi connectivity index (χ3n) is 5.14. The summed E-state index contributed by atoms with van der Waals surface area (Å²) >= 11 is 1.38. The topological polar surface area (TPSA) is 83.3 Å². The van der Waals surface area contributed by atoms with Crippen LogP contribution in [0, 0.1) is 6.92 Å². The zero-order valence-corrected chi connectivity index (χ0v) is 18.2. The van der Waals surface area contributed by atoms with Crippen LogP contribution in [0.25, 0.3) is 16.7 Å². The molecule has 31 heavy (non-hydrogen) atoms. The molecular weight excluding hydrogens is 414 g/mol. The van der Waals surface area contributed by atoms with Gasteiger partial charge in [-0.2, -0.15) is 9.36 Å². The molecule has 4 heterocycles. The smallest absolute Gasteiger partial charge is 0.244 e. The molecule has 0 atom stereocenters. The van der Waals surface area contributed by atoms with E-state index >= 15 is 0 Å². The van der Waals surface area contributed by atoms with Gasteiger partial charge in [0.05, 0.1) is 31.5 Å². The highest BCUT2D eigenvalue weighted by Gasteiger charge is 2.21.